The average molecular weight is 462 g/mol. The molecule has 0 aliphatic rings. The van der Waals surface area contributed by atoms with Crippen molar-refractivity contribution in [1.29, 1.82) is 0 Å². The number of carbonyl (C=O) groups is 4. The first-order valence-corrected chi connectivity index (χ1v) is 10.7. The molecule has 1 amide bonds. The number of hydrogen-bond donors (Lipinski definition) is 3. The van der Waals surface area contributed by atoms with Crippen molar-refractivity contribution < 1.29 is 29.4 Å². The molecule has 3 N–H and O–H groups in total. The minimum Gasteiger partial charge on any atom is -0.478 e. The van der Waals surface area contributed by atoms with Gasteiger partial charge in [-0.05, 0) is 57.1 Å². The SMILES string of the molecule is CN(C)CCCCCC(=O)Nc1ncccc1C(=O)c1cccs1.O=C(O)C=CC(=O)O. The number of carbonyl (C=O) groups excluding carboxylic acids is 2. The van der Waals surface area contributed by atoms with Gasteiger partial charge in [-0.1, -0.05) is 12.5 Å². The lowest BCUT2D eigenvalue weighted by Crippen LogP contribution is -2.16. The molecule has 0 atom stereocenters. The van der Waals surface area contributed by atoms with Crippen molar-refractivity contribution in [2.45, 2.75) is 25.7 Å². The molecule has 0 bridgehead atoms. The van der Waals surface area contributed by atoms with Gasteiger partial charge in [0.25, 0.3) is 0 Å². The molecule has 0 spiro atoms. The number of rotatable bonds is 11. The normalized spacial score (nSPS) is 10.5. The van der Waals surface area contributed by atoms with Crippen molar-refractivity contribution in [2.24, 2.45) is 0 Å². The minimum absolute atomic E-state index is 0.0983. The molecular weight excluding hydrogens is 434 g/mol. The first kappa shape index (κ1) is 26.7. The van der Waals surface area contributed by atoms with E-state index in [0.717, 1.165) is 25.8 Å². The molecule has 0 fully saturated rings. The van der Waals surface area contributed by atoms with E-state index >= 15 is 0 Å². The van der Waals surface area contributed by atoms with Crippen LogP contribution < -0.4 is 5.32 Å². The monoisotopic (exact) mass is 461 g/mol. The quantitative estimate of drug-likeness (QED) is 0.264. The third kappa shape index (κ3) is 11.1. The maximum atomic E-state index is 12.5. The number of aromatic nitrogens is 1. The number of nitrogens with zero attached hydrogens (tertiary/aromatic N) is 2. The van der Waals surface area contributed by atoms with Crippen LogP contribution in [0.5, 0.6) is 0 Å². The van der Waals surface area contributed by atoms with Crippen molar-refractivity contribution in [3.8, 4) is 0 Å². The van der Waals surface area contributed by atoms with Gasteiger partial charge in [-0.25, -0.2) is 14.6 Å². The predicted molar refractivity (Wildman–Crippen MR) is 122 cm³/mol. The lowest BCUT2D eigenvalue weighted by molar-refractivity contribution is -0.134. The fraction of sp³-hybridized carbons (Fsp3) is 0.318. The van der Waals surface area contributed by atoms with Gasteiger partial charge in [0.1, 0.15) is 5.82 Å². The predicted octanol–water partition coefficient (Wildman–Crippen LogP) is 3.15. The van der Waals surface area contributed by atoms with E-state index in [4.69, 9.17) is 10.2 Å². The van der Waals surface area contributed by atoms with Gasteiger partial charge in [-0.3, -0.25) is 9.59 Å². The summed E-state index contributed by atoms with van der Waals surface area (Å²) >= 11 is 1.38. The van der Waals surface area contributed by atoms with Gasteiger partial charge in [0.2, 0.25) is 11.7 Å². The second-order valence-corrected chi connectivity index (χ2v) is 7.83. The number of carboxylic acid groups (broad SMARTS) is 2. The second-order valence-electron chi connectivity index (χ2n) is 6.88. The van der Waals surface area contributed by atoms with E-state index < -0.39 is 11.9 Å². The van der Waals surface area contributed by atoms with Crippen molar-refractivity contribution in [3.05, 3.63) is 58.4 Å². The van der Waals surface area contributed by atoms with Crippen LogP contribution in [-0.2, 0) is 14.4 Å². The van der Waals surface area contributed by atoms with Crippen molar-refractivity contribution >= 4 is 40.8 Å². The Kier molecular flexibility index (Phi) is 12.2. The van der Waals surface area contributed by atoms with E-state index in [9.17, 15) is 19.2 Å². The summed E-state index contributed by atoms with van der Waals surface area (Å²) in [5.74, 6) is -2.38. The zero-order chi connectivity index (χ0) is 23.9. The molecule has 0 aromatic carbocycles. The lowest BCUT2D eigenvalue weighted by Gasteiger charge is -2.10. The molecular formula is C22H27N3O6S. The van der Waals surface area contributed by atoms with Crippen LogP contribution in [0.15, 0.2) is 48.0 Å². The summed E-state index contributed by atoms with van der Waals surface area (Å²) in [5.41, 5.74) is 0.431. The van der Waals surface area contributed by atoms with Crippen molar-refractivity contribution in [2.75, 3.05) is 26.0 Å². The number of anilines is 1. The maximum Gasteiger partial charge on any atom is 0.328 e. The Labute approximate surface area is 190 Å². The zero-order valence-corrected chi connectivity index (χ0v) is 18.8. The van der Waals surface area contributed by atoms with Gasteiger partial charge in [0, 0.05) is 24.8 Å². The van der Waals surface area contributed by atoms with E-state index in [2.05, 4.69) is 15.2 Å². The number of amides is 1. The van der Waals surface area contributed by atoms with Crippen LogP contribution in [0, 0.1) is 0 Å². The fourth-order valence-corrected chi connectivity index (χ4v) is 3.13. The molecule has 0 radical (unpaired) electrons. The molecule has 2 aromatic rings. The molecule has 32 heavy (non-hydrogen) atoms. The zero-order valence-electron chi connectivity index (χ0n) is 18.0. The van der Waals surface area contributed by atoms with Gasteiger partial charge in [-0.2, -0.15) is 0 Å². The van der Waals surface area contributed by atoms with E-state index in [1.807, 2.05) is 25.5 Å². The number of unbranched alkanes of at least 4 members (excludes halogenated alkanes) is 2. The van der Waals surface area contributed by atoms with Gasteiger partial charge in [0.05, 0.1) is 10.4 Å². The van der Waals surface area contributed by atoms with E-state index in [-0.39, 0.29) is 11.7 Å². The third-order valence-electron chi connectivity index (χ3n) is 3.93. The highest BCUT2D eigenvalue weighted by Gasteiger charge is 2.16. The van der Waals surface area contributed by atoms with Crippen LogP contribution in [0.1, 0.15) is 40.9 Å². The summed E-state index contributed by atoms with van der Waals surface area (Å²) in [6.07, 6.45) is 6.06. The molecule has 0 saturated heterocycles. The van der Waals surface area contributed by atoms with Crippen LogP contribution >= 0.6 is 11.3 Å². The summed E-state index contributed by atoms with van der Waals surface area (Å²) in [4.78, 5) is 50.6. The Hall–Kier alpha value is -3.37. The number of aliphatic carboxylic acids is 2. The van der Waals surface area contributed by atoms with Crippen molar-refractivity contribution in [3.63, 3.8) is 0 Å². The third-order valence-corrected chi connectivity index (χ3v) is 4.80. The summed E-state index contributed by atoms with van der Waals surface area (Å²) in [6.45, 7) is 1.03. The van der Waals surface area contributed by atoms with Gasteiger partial charge < -0.3 is 20.4 Å². The summed E-state index contributed by atoms with van der Waals surface area (Å²) in [7, 11) is 4.08. The van der Waals surface area contributed by atoms with Gasteiger partial charge in [-0.15, -0.1) is 11.3 Å². The molecule has 0 unspecified atom stereocenters. The molecule has 2 rings (SSSR count). The van der Waals surface area contributed by atoms with Gasteiger partial charge >= 0.3 is 11.9 Å². The standard InChI is InChI=1S/C18H23N3O2S.C4H4O4/c1-21(2)12-5-3-4-10-16(22)20-18-14(8-6-11-19-18)17(23)15-9-7-13-24-15;5-3(6)1-2-4(7)8/h6-9,11,13H,3-5,10,12H2,1-2H3,(H,19,20,22);1-2H,(H,5,6)(H,7,8). The Morgan fingerprint density at radius 2 is 1.72 bits per heavy atom. The number of ketones is 1. The van der Waals surface area contributed by atoms with Crippen LogP contribution in [0.2, 0.25) is 0 Å². The Bertz CT molecular complexity index is 910. The second kappa shape index (κ2) is 14.6. The highest BCUT2D eigenvalue weighted by Crippen LogP contribution is 2.20. The highest BCUT2D eigenvalue weighted by atomic mass is 32.1. The fourth-order valence-electron chi connectivity index (χ4n) is 2.46. The molecule has 0 saturated carbocycles. The Morgan fingerprint density at radius 1 is 1.03 bits per heavy atom. The van der Waals surface area contributed by atoms with Crippen LogP contribution in [0.3, 0.4) is 0 Å². The Morgan fingerprint density at radius 3 is 2.28 bits per heavy atom. The summed E-state index contributed by atoms with van der Waals surface area (Å²) in [6, 6.07) is 7.01. The van der Waals surface area contributed by atoms with Crippen LogP contribution in [-0.4, -0.2) is 64.4 Å². The Balaban J connectivity index is 0.000000547. The summed E-state index contributed by atoms with van der Waals surface area (Å²) in [5, 5.41) is 20.3. The molecule has 172 valence electrons. The minimum atomic E-state index is -1.26. The van der Waals surface area contributed by atoms with E-state index in [0.29, 0.717) is 34.8 Å². The van der Waals surface area contributed by atoms with Gasteiger partial charge in [0.15, 0.2) is 0 Å². The number of nitrogens with one attached hydrogen (secondary N) is 1. The molecule has 0 aliphatic carbocycles. The highest BCUT2D eigenvalue weighted by molar-refractivity contribution is 7.12. The number of hydrogen-bond acceptors (Lipinski definition) is 7. The van der Waals surface area contributed by atoms with E-state index in [1.54, 1.807) is 24.4 Å². The molecule has 10 heteroatoms. The largest absolute Gasteiger partial charge is 0.478 e. The lowest BCUT2D eigenvalue weighted by atomic mass is 10.1. The molecule has 2 heterocycles. The maximum absolute atomic E-state index is 12.5. The van der Waals surface area contributed by atoms with Crippen molar-refractivity contribution in [1.82, 2.24) is 9.88 Å². The first-order valence-electron chi connectivity index (χ1n) is 9.82. The number of pyridine rings is 1. The topological polar surface area (TPSA) is 137 Å². The molecule has 2 aromatic heterocycles. The smallest absolute Gasteiger partial charge is 0.328 e. The molecule has 9 nitrogen and oxygen atoms in total. The summed E-state index contributed by atoms with van der Waals surface area (Å²) < 4.78 is 0. The van der Waals surface area contributed by atoms with Crippen LogP contribution in [0.25, 0.3) is 0 Å². The molecule has 0 aliphatic heterocycles. The average Bonchev–Trinajstić information content (AvgIpc) is 3.27. The first-order chi connectivity index (χ1) is 15.2. The van der Waals surface area contributed by atoms with E-state index in [1.165, 1.54) is 11.3 Å². The number of carboxylic acids is 2. The number of thiophene rings is 1. The van der Waals surface area contributed by atoms with Crippen LogP contribution in [0.4, 0.5) is 5.82 Å².